The van der Waals surface area contributed by atoms with Crippen molar-refractivity contribution in [3.8, 4) is 5.75 Å². The van der Waals surface area contributed by atoms with Gasteiger partial charge in [-0.25, -0.2) is 0 Å². The average Bonchev–Trinajstić information content (AvgIpc) is 2.45. The van der Waals surface area contributed by atoms with Crippen LogP contribution in [0, 0.1) is 0 Å². The van der Waals surface area contributed by atoms with Gasteiger partial charge in [-0.15, -0.1) is 0 Å². The van der Waals surface area contributed by atoms with Gasteiger partial charge in [0.2, 0.25) is 0 Å². The molecule has 0 aliphatic carbocycles. The normalized spacial score (nSPS) is 10.7. The molecule has 0 aliphatic rings. The summed E-state index contributed by atoms with van der Waals surface area (Å²) in [5.41, 5.74) is 2.49. The second-order valence-corrected chi connectivity index (χ2v) is 4.95. The topological polar surface area (TPSA) is 21.3 Å². The molecule has 0 radical (unpaired) electrons. The lowest BCUT2D eigenvalue weighted by Crippen LogP contribution is -2.21. The lowest BCUT2D eigenvalue weighted by atomic mass is 10.1. The van der Waals surface area contributed by atoms with Crippen LogP contribution in [0.5, 0.6) is 5.75 Å². The van der Waals surface area contributed by atoms with Crippen LogP contribution in [0.3, 0.4) is 0 Å². The van der Waals surface area contributed by atoms with E-state index in [1.165, 1.54) is 11.1 Å². The lowest BCUT2D eigenvalue weighted by Gasteiger charge is -2.09. The van der Waals surface area contributed by atoms with Crippen LogP contribution in [-0.2, 0) is 13.2 Å². The van der Waals surface area contributed by atoms with Crippen molar-refractivity contribution in [2.24, 2.45) is 0 Å². The van der Waals surface area contributed by atoms with Crippen LogP contribution >= 0.6 is 0 Å². The Balaban J connectivity index is 1.85. The predicted molar refractivity (Wildman–Crippen MR) is 79.2 cm³/mol. The quantitative estimate of drug-likeness (QED) is 0.848. The summed E-state index contributed by atoms with van der Waals surface area (Å²) in [5, 5.41) is 3.41. The number of hydrogen-bond acceptors (Lipinski definition) is 2. The summed E-state index contributed by atoms with van der Waals surface area (Å²) in [6.45, 7) is 5.84. The molecule has 0 aliphatic heterocycles. The first kappa shape index (κ1) is 13.6. The van der Waals surface area contributed by atoms with Gasteiger partial charge in [-0.1, -0.05) is 56.3 Å². The number of benzene rings is 2. The van der Waals surface area contributed by atoms with Gasteiger partial charge in [0.1, 0.15) is 12.4 Å². The molecule has 0 fully saturated rings. The van der Waals surface area contributed by atoms with E-state index in [1.807, 2.05) is 30.3 Å². The Hall–Kier alpha value is -1.80. The minimum absolute atomic E-state index is 0.515. The Labute approximate surface area is 115 Å². The van der Waals surface area contributed by atoms with Gasteiger partial charge in [0.15, 0.2) is 0 Å². The van der Waals surface area contributed by atoms with Gasteiger partial charge in [0.05, 0.1) is 0 Å². The minimum atomic E-state index is 0.515. The molecule has 2 aromatic carbocycles. The molecule has 0 atom stereocenters. The highest BCUT2D eigenvalue weighted by atomic mass is 16.5. The summed E-state index contributed by atoms with van der Waals surface area (Å²) >= 11 is 0. The van der Waals surface area contributed by atoms with E-state index in [-0.39, 0.29) is 0 Å². The maximum absolute atomic E-state index is 5.71. The maximum atomic E-state index is 5.71. The largest absolute Gasteiger partial charge is 0.489 e. The molecule has 0 saturated carbocycles. The van der Waals surface area contributed by atoms with Crippen molar-refractivity contribution in [1.82, 2.24) is 5.32 Å². The third-order valence-corrected chi connectivity index (χ3v) is 2.89. The summed E-state index contributed by atoms with van der Waals surface area (Å²) in [6, 6.07) is 19.0. The molecule has 0 saturated heterocycles. The molecule has 0 unspecified atom stereocenters. The predicted octanol–water partition coefficient (Wildman–Crippen LogP) is 3.76. The van der Waals surface area contributed by atoms with Gasteiger partial charge in [-0.2, -0.15) is 0 Å². The van der Waals surface area contributed by atoms with Crippen LogP contribution in [0.15, 0.2) is 54.6 Å². The zero-order valence-corrected chi connectivity index (χ0v) is 11.6. The third kappa shape index (κ3) is 4.76. The molecular formula is C17H21NO. The van der Waals surface area contributed by atoms with Crippen molar-refractivity contribution in [3.63, 3.8) is 0 Å². The standard InChI is InChI=1S/C17H21NO/c1-14(2)18-12-15-8-10-16(11-9-15)13-19-17-6-4-3-5-7-17/h3-11,14,18H,12-13H2,1-2H3. The third-order valence-electron chi connectivity index (χ3n) is 2.89. The van der Waals surface area contributed by atoms with Crippen LogP contribution in [-0.4, -0.2) is 6.04 Å². The fraction of sp³-hybridized carbons (Fsp3) is 0.294. The van der Waals surface area contributed by atoms with Crippen LogP contribution in [0.4, 0.5) is 0 Å². The van der Waals surface area contributed by atoms with E-state index in [0.717, 1.165) is 12.3 Å². The number of hydrogen-bond donors (Lipinski definition) is 1. The first-order chi connectivity index (χ1) is 9.24. The highest BCUT2D eigenvalue weighted by Gasteiger charge is 1.98. The SMILES string of the molecule is CC(C)NCc1ccc(COc2ccccc2)cc1. The Morgan fingerprint density at radius 2 is 1.53 bits per heavy atom. The van der Waals surface area contributed by atoms with Crippen LogP contribution < -0.4 is 10.1 Å². The molecule has 0 spiro atoms. The van der Waals surface area contributed by atoms with Gasteiger partial charge in [-0.05, 0) is 23.3 Å². The van der Waals surface area contributed by atoms with Gasteiger partial charge in [0, 0.05) is 12.6 Å². The van der Waals surface area contributed by atoms with Crippen molar-refractivity contribution in [3.05, 3.63) is 65.7 Å². The Kier molecular flexibility index (Phi) is 4.99. The van der Waals surface area contributed by atoms with Crippen LogP contribution in [0.25, 0.3) is 0 Å². The molecule has 19 heavy (non-hydrogen) atoms. The van der Waals surface area contributed by atoms with Crippen LogP contribution in [0.2, 0.25) is 0 Å². The van der Waals surface area contributed by atoms with E-state index >= 15 is 0 Å². The second kappa shape index (κ2) is 6.95. The number of ether oxygens (including phenoxy) is 1. The summed E-state index contributed by atoms with van der Waals surface area (Å²) in [5.74, 6) is 0.910. The molecule has 0 bridgehead atoms. The summed E-state index contributed by atoms with van der Waals surface area (Å²) in [4.78, 5) is 0. The van der Waals surface area contributed by atoms with Crippen molar-refractivity contribution in [2.45, 2.75) is 33.0 Å². The Morgan fingerprint density at radius 1 is 0.895 bits per heavy atom. The van der Waals surface area contributed by atoms with E-state index < -0.39 is 0 Å². The molecule has 2 rings (SSSR count). The molecule has 0 aromatic heterocycles. The fourth-order valence-electron chi connectivity index (χ4n) is 1.76. The molecule has 100 valence electrons. The fourth-order valence-corrected chi connectivity index (χ4v) is 1.76. The molecular weight excluding hydrogens is 234 g/mol. The Bertz CT molecular complexity index is 476. The van der Waals surface area contributed by atoms with E-state index in [1.54, 1.807) is 0 Å². The van der Waals surface area contributed by atoms with Crippen molar-refractivity contribution in [2.75, 3.05) is 0 Å². The maximum Gasteiger partial charge on any atom is 0.119 e. The van der Waals surface area contributed by atoms with E-state index in [4.69, 9.17) is 4.74 Å². The van der Waals surface area contributed by atoms with Gasteiger partial charge in [0.25, 0.3) is 0 Å². The Morgan fingerprint density at radius 3 is 2.16 bits per heavy atom. The van der Waals surface area contributed by atoms with E-state index in [2.05, 4.69) is 43.4 Å². The lowest BCUT2D eigenvalue weighted by molar-refractivity contribution is 0.306. The first-order valence-electron chi connectivity index (χ1n) is 6.73. The molecule has 0 amide bonds. The zero-order chi connectivity index (χ0) is 13.5. The summed E-state index contributed by atoms with van der Waals surface area (Å²) in [7, 11) is 0. The second-order valence-electron chi connectivity index (χ2n) is 4.95. The number of para-hydroxylation sites is 1. The van der Waals surface area contributed by atoms with Crippen molar-refractivity contribution in [1.29, 1.82) is 0 Å². The first-order valence-corrected chi connectivity index (χ1v) is 6.73. The molecule has 2 aromatic rings. The summed E-state index contributed by atoms with van der Waals surface area (Å²) < 4.78 is 5.71. The van der Waals surface area contributed by atoms with Crippen LogP contribution in [0.1, 0.15) is 25.0 Å². The minimum Gasteiger partial charge on any atom is -0.489 e. The smallest absolute Gasteiger partial charge is 0.119 e. The van der Waals surface area contributed by atoms with Gasteiger partial charge < -0.3 is 10.1 Å². The molecule has 2 nitrogen and oxygen atoms in total. The monoisotopic (exact) mass is 255 g/mol. The highest BCUT2D eigenvalue weighted by Crippen LogP contribution is 2.12. The molecule has 0 heterocycles. The highest BCUT2D eigenvalue weighted by molar-refractivity contribution is 5.24. The molecule has 2 heteroatoms. The van der Waals surface area contributed by atoms with E-state index in [9.17, 15) is 0 Å². The number of rotatable bonds is 6. The van der Waals surface area contributed by atoms with Gasteiger partial charge in [-0.3, -0.25) is 0 Å². The van der Waals surface area contributed by atoms with Gasteiger partial charge >= 0.3 is 0 Å². The zero-order valence-electron chi connectivity index (χ0n) is 11.6. The van der Waals surface area contributed by atoms with E-state index in [0.29, 0.717) is 12.6 Å². The van der Waals surface area contributed by atoms with Crippen molar-refractivity contribution < 1.29 is 4.74 Å². The average molecular weight is 255 g/mol. The molecule has 1 N–H and O–H groups in total. The van der Waals surface area contributed by atoms with Crippen molar-refractivity contribution >= 4 is 0 Å². The summed E-state index contributed by atoms with van der Waals surface area (Å²) in [6.07, 6.45) is 0. The number of nitrogens with one attached hydrogen (secondary N) is 1.